The van der Waals surface area contributed by atoms with E-state index in [1.54, 1.807) is 12.1 Å². The minimum absolute atomic E-state index is 0.0581. The van der Waals surface area contributed by atoms with Gasteiger partial charge in [0.2, 0.25) is 0 Å². The molecule has 0 amide bonds. The standard InChI is InChI=1S/C19H29NO3SSi/c1-8-17-18(23-25(6,7)19(3,4)5)13-14-20(17)24(21,22)16-11-9-15(2)10-12-16/h9-12,18H,1,13-14H2,2-7H3. The zero-order chi connectivity index (χ0) is 19.0. The molecule has 1 unspecified atom stereocenters. The molecule has 0 saturated carbocycles. The van der Waals surface area contributed by atoms with E-state index in [2.05, 4.69) is 46.2 Å². The first-order valence-corrected chi connectivity index (χ1v) is 12.9. The molecule has 0 bridgehead atoms. The SMILES string of the molecule is C=C=C1C(O[Si](C)(C)C(C)(C)C)CCN1S(=O)(=O)c1ccc(C)cc1. The Balaban J connectivity index is 2.31. The van der Waals surface area contributed by atoms with Crippen molar-refractivity contribution in [1.29, 1.82) is 0 Å². The van der Waals surface area contributed by atoms with E-state index < -0.39 is 18.3 Å². The molecule has 0 radical (unpaired) electrons. The van der Waals surface area contributed by atoms with Crippen molar-refractivity contribution in [1.82, 2.24) is 4.31 Å². The van der Waals surface area contributed by atoms with E-state index >= 15 is 0 Å². The molecule has 1 fully saturated rings. The molecule has 0 aliphatic carbocycles. The molecule has 138 valence electrons. The average Bonchev–Trinajstić information content (AvgIpc) is 2.89. The molecule has 1 aromatic rings. The molecule has 0 aromatic heterocycles. The number of hydrogen-bond donors (Lipinski definition) is 0. The van der Waals surface area contributed by atoms with Crippen molar-refractivity contribution in [2.45, 2.75) is 63.2 Å². The molecule has 1 saturated heterocycles. The van der Waals surface area contributed by atoms with Crippen molar-refractivity contribution < 1.29 is 12.8 Å². The van der Waals surface area contributed by atoms with E-state index in [1.165, 1.54) is 4.31 Å². The van der Waals surface area contributed by atoms with Crippen LogP contribution in [-0.4, -0.2) is 33.7 Å². The number of rotatable bonds is 4. The van der Waals surface area contributed by atoms with Crippen molar-refractivity contribution in [2.24, 2.45) is 0 Å². The topological polar surface area (TPSA) is 46.6 Å². The highest BCUT2D eigenvalue weighted by Gasteiger charge is 2.44. The van der Waals surface area contributed by atoms with Gasteiger partial charge < -0.3 is 4.43 Å². The molecular weight excluding hydrogens is 350 g/mol. The van der Waals surface area contributed by atoms with Crippen LogP contribution >= 0.6 is 0 Å². The van der Waals surface area contributed by atoms with E-state index in [4.69, 9.17) is 4.43 Å². The lowest BCUT2D eigenvalue weighted by Crippen LogP contribution is -2.44. The lowest BCUT2D eigenvalue weighted by atomic mass is 10.2. The first-order valence-electron chi connectivity index (χ1n) is 8.57. The van der Waals surface area contributed by atoms with Gasteiger partial charge in [0, 0.05) is 6.54 Å². The Morgan fingerprint density at radius 2 is 1.80 bits per heavy atom. The van der Waals surface area contributed by atoms with Gasteiger partial charge >= 0.3 is 0 Å². The molecular formula is C19H29NO3SSi. The van der Waals surface area contributed by atoms with E-state index in [0.29, 0.717) is 23.6 Å². The maximum atomic E-state index is 13.0. The maximum absolute atomic E-state index is 13.0. The van der Waals surface area contributed by atoms with Gasteiger partial charge in [-0.25, -0.2) is 8.42 Å². The van der Waals surface area contributed by atoms with Crippen molar-refractivity contribution in [3.05, 3.63) is 47.8 Å². The second-order valence-electron chi connectivity index (χ2n) is 8.11. The molecule has 0 spiro atoms. The molecule has 2 rings (SSSR count). The molecule has 0 N–H and O–H groups in total. The predicted octanol–water partition coefficient (Wildman–Crippen LogP) is 4.45. The van der Waals surface area contributed by atoms with Crippen molar-refractivity contribution >= 4 is 18.3 Å². The highest BCUT2D eigenvalue weighted by molar-refractivity contribution is 7.89. The summed E-state index contributed by atoms with van der Waals surface area (Å²) < 4.78 is 33.9. The summed E-state index contributed by atoms with van der Waals surface area (Å²) in [6.07, 6.45) is 0.369. The number of hydrogen-bond acceptors (Lipinski definition) is 3. The molecule has 6 heteroatoms. The number of aryl methyl sites for hydroxylation is 1. The van der Waals surface area contributed by atoms with Crippen LogP contribution in [0.25, 0.3) is 0 Å². The normalized spacial score (nSPS) is 19.2. The highest BCUT2D eigenvalue weighted by atomic mass is 32.2. The van der Waals surface area contributed by atoms with Gasteiger partial charge in [-0.15, -0.1) is 5.73 Å². The Bertz CT molecular complexity index is 785. The quantitative estimate of drug-likeness (QED) is 0.573. The Morgan fingerprint density at radius 1 is 1.24 bits per heavy atom. The summed E-state index contributed by atoms with van der Waals surface area (Å²) in [6.45, 7) is 16.9. The summed E-state index contributed by atoms with van der Waals surface area (Å²) in [4.78, 5) is 0.291. The first-order chi connectivity index (χ1) is 11.4. The monoisotopic (exact) mass is 379 g/mol. The van der Waals surface area contributed by atoms with Gasteiger partial charge in [-0.3, -0.25) is 4.31 Å². The smallest absolute Gasteiger partial charge is 0.264 e. The second kappa shape index (κ2) is 6.76. The van der Waals surface area contributed by atoms with Crippen molar-refractivity contribution in [3.8, 4) is 0 Å². The number of benzene rings is 1. The van der Waals surface area contributed by atoms with Crippen LogP contribution in [0.5, 0.6) is 0 Å². The predicted molar refractivity (Wildman–Crippen MR) is 104 cm³/mol. The largest absolute Gasteiger partial charge is 0.408 e. The molecule has 1 aromatic carbocycles. The van der Waals surface area contributed by atoms with Crippen LogP contribution in [0.15, 0.2) is 47.2 Å². The maximum Gasteiger partial charge on any atom is 0.264 e. The summed E-state index contributed by atoms with van der Waals surface area (Å²) in [7, 11) is -5.63. The summed E-state index contributed by atoms with van der Waals surface area (Å²) in [5.41, 5.74) is 4.40. The second-order valence-corrected chi connectivity index (χ2v) is 14.7. The zero-order valence-electron chi connectivity index (χ0n) is 16.1. The average molecular weight is 380 g/mol. The molecule has 1 aliphatic rings. The van der Waals surface area contributed by atoms with Crippen LogP contribution in [0, 0.1) is 6.92 Å². The fraction of sp³-hybridized carbons (Fsp3) is 0.526. The Hall–Kier alpha value is -1.33. The zero-order valence-corrected chi connectivity index (χ0v) is 17.9. The third-order valence-corrected chi connectivity index (χ3v) is 11.5. The lowest BCUT2D eigenvalue weighted by molar-refractivity contribution is 0.219. The van der Waals surface area contributed by atoms with Gasteiger partial charge in [0.25, 0.3) is 10.0 Å². The Kier molecular flexibility index (Phi) is 5.41. The molecule has 1 aliphatic heterocycles. The highest BCUT2D eigenvalue weighted by Crippen LogP contribution is 2.40. The number of sulfonamides is 1. The Morgan fingerprint density at radius 3 is 2.28 bits per heavy atom. The first kappa shape index (κ1) is 20.0. The van der Waals surface area contributed by atoms with Crippen molar-refractivity contribution in [2.75, 3.05) is 6.54 Å². The summed E-state index contributed by atoms with van der Waals surface area (Å²) in [6, 6.07) is 6.91. The molecule has 25 heavy (non-hydrogen) atoms. The van der Waals surface area contributed by atoms with Gasteiger partial charge in [-0.05, 0) is 43.6 Å². The molecule has 1 heterocycles. The van der Waals surface area contributed by atoms with Gasteiger partial charge in [0.05, 0.1) is 16.7 Å². The van der Waals surface area contributed by atoms with Gasteiger partial charge in [0.15, 0.2) is 8.32 Å². The van der Waals surface area contributed by atoms with Crippen LogP contribution in [0.3, 0.4) is 0 Å². The third-order valence-electron chi connectivity index (χ3n) is 5.20. The fourth-order valence-electron chi connectivity index (χ4n) is 2.59. The summed E-state index contributed by atoms with van der Waals surface area (Å²) >= 11 is 0. The van der Waals surface area contributed by atoms with E-state index in [1.807, 2.05) is 19.1 Å². The fourth-order valence-corrected chi connectivity index (χ4v) is 5.40. The van der Waals surface area contributed by atoms with Crippen LogP contribution in [-0.2, 0) is 14.4 Å². The van der Waals surface area contributed by atoms with Crippen LogP contribution in [0.2, 0.25) is 18.1 Å². The van der Waals surface area contributed by atoms with Gasteiger partial charge in [0.1, 0.15) is 0 Å². The lowest BCUT2D eigenvalue weighted by Gasteiger charge is -2.38. The van der Waals surface area contributed by atoms with Crippen molar-refractivity contribution in [3.63, 3.8) is 0 Å². The Labute approximate surface area is 153 Å². The van der Waals surface area contributed by atoms with Crippen LogP contribution in [0.1, 0.15) is 32.8 Å². The van der Waals surface area contributed by atoms with Crippen LogP contribution < -0.4 is 0 Å². The number of nitrogens with zero attached hydrogens (tertiary/aromatic N) is 1. The van der Waals surface area contributed by atoms with E-state index in [9.17, 15) is 8.42 Å². The third kappa shape index (κ3) is 3.92. The summed E-state index contributed by atoms with van der Waals surface area (Å²) in [5.74, 6) is 0. The van der Waals surface area contributed by atoms with E-state index in [0.717, 1.165) is 5.56 Å². The van der Waals surface area contributed by atoms with Gasteiger partial charge in [-0.2, -0.15) is 0 Å². The van der Waals surface area contributed by atoms with Gasteiger partial charge in [-0.1, -0.05) is 45.0 Å². The molecule has 1 atom stereocenters. The summed E-state index contributed by atoms with van der Waals surface area (Å²) in [5, 5.41) is 0.0581. The minimum atomic E-state index is -3.61. The van der Waals surface area contributed by atoms with Crippen LogP contribution in [0.4, 0.5) is 0 Å². The van der Waals surface area contributed by atoms with E-state index in [-0.39, 0.29) is 11.1 Å². The minimum Gasteiger partial charge on any atom is -0.408 e. The molecule has 4 nitrogen and oxygen atoms in total.